The molecule has 5 rings (SSSR count). The van der Waals surface area contributed by atoms with Crippen LogP contribution >= 0.6 is 11.8 Å². The largest absolute Gasteiger partial charge is 0.327 e. The first-order chi connectivity index (χ1) is 20.8. The Bertz CT molecular complexity index is 1740. The van der Waals surface area contributed by atoms with E-state index in [1.54, 1.807) is 12.1 Å². The molecule has 0 saturated carbocycles. The van der Waals surface area contributed by atoms with Gasteiger partial charge in [0.25, 0.3) is 5.69 Å². The number of rotatable bonds is 10. The van der Waals surface area contributed by atoms with Crippen molar-refractivity contribution in [1.29, 1.82) is 0 Å². The molecule has 0 radical (unpaired) electrons. The fourth-order valence-corrected chi connectivity index (χ4v) is 5.68. The minimum atomic E-state index is -0.566. The molecule has 0 spiro atoms. The molecule has 10 heteroatoms. The van der Waals surface area contributed by atoms with Crippen LogP contribution in [0.3, 0.4) is 0 Å². The summed E-state index contributed by atoms with van der Waals surface area (Å²) in [7, 11) is 0. The van der Waals surface area contributed by atoms with E-state index in [0.29, 0.717) is 28.8 Å². The zero-order valence-corrected chi connectivity index (χ0v) is 25.0. The van der Waals surface area contributed by atoms with Crippen molar-refractivity contribution in [2.24, 2.45) is 0 Å². The van der Waals surface area contributed by atoms with Crippen LogP contribution in [0.1, 0.15) is 39.7 Å². The standard InChI is InChI=1S/C33H32N6O3S/c1-22-9-7-13-26(19-22)21-43-33-37-36-31(38(33)27-15-17-28(18-16-27)39(41)42)30(20-25-11-5-4-6-12-25)35-32(40)34-29-14-8-10-23(2)24(29)3/h4-19,30H,20-21H2,1-3H3,(H2,34,35,40). The lowest BCUT2D eigenvalue weighted by atomic mass is 10.1. The number of aromatic nitrogens is 3. The average Bonchev–Trinajstić information content (AvgIpc) is 3.43. The van der Waals surface area contributed by atoms with Gasteiger partial charge in [-0.2, -0.15) is 0 Å². The Hall–Kier alpha value is -4.96. The fourth-order valence-electron chi connectivity index (χ4n) is 4.78. The van der Waals surface area contributed by atoms with Gasteiger partial charge in [-0.15, -0.1) is 10.2 Å². The lowest BCUT2D eigenvalue weighted by Crippen LogP contribution is -2.35. The highest BCUT2D eigenvalue weighted by atomic mass is 32.2. The Morgan fingerprint density at radius 2 is 1.63 bits per heavy atom. The number of nitrogens with zero attached hydrogens (tertiary/aromatic N) is 4. The van der Waals surface area contributed by atoms with E-state index in [-0.39, 0.29) is 11.7 Å². The van der Waals surface area contributed by atoms with Crippen LogP contribution in [0.4, 0.5) is 16.2 Å². The molecule has 2 N–H and O–H groups in total. The van der Waals surface area contributed by atoms with Crippen molar-refractivity contribution in [3.8, 4) is 5.69 Å². The second-order valence-corrected chi connectivity index (χ2v) is 11.3. The van der Waals surface area contributed by atoms with E-state index in [9.17, 15) is 14.9 Å². The Morgan fingerprint density at radius 1 is 0.907 bits per heavy atom. The average molecular weight is 593 g/mol. The molecule has 0 aliphatic carbocycles. The summed E-state index contributed by atoms with van der Waals surface area (Å²) >= 11 is 1.51. The second kappa shape index (κ2) is 13.3. The number of thioether (sulfide) groups is 1. The van der Waals surface area contributed by atoms with Crippen LogP contribution in [0.25, 0.3) is 5.69 Å². The number of nitrogens with one attached hydrogen (secondary N) is 2. The Labute approximate surface area is 254 Å². The topological polar surface area (TPSA) is 115 Å². The summed E-state index contributed by atoms with van der Waals surface area (Å²) in [5.41, 5.74) is 6.74. The number of benzene rings is 4. The first-order valence-corrected chi connectivity index (χ1v) is 14.8. The van der Waals surface area contributed by atoms with Crippen molar-refractivity contribution < 1.29 is 9.72 Å². The van der Waals surface area contributed by atoms with Crippen LogP contribution in [0, 0.1) is 30.9 Å². The zero-order valence-electron chi connectivity index (χ0n) is 24.2. The van der Waals surface area contributed by atoms with Gasteiger partial charge >= 0.3 is 6.03 Å². The van der Waals surface area contributed by atoms with Crippen molar-refractivity contribution in [3.05, 3.63) is 141 Å². The summed E-state index contributed by atoms with van der Waals surface area (Å²) in [5, 5.41) is 27.2. The number of amides is 2. The second-order valence-electron chi connectivity index (χ2n) is 10.3. The van der Waals surface area contributed by atoms with E-state index in [0.717, 1.165) is 33.5 Å². The number of hydrogen-bond donors (Lipinski definition) is 2. The molecule has 218 valence electrons. The monoisotopic (exact) mass is 592 g/mol. The van der Waals surface area contributed by atoms with Crippen molar-refractivity contribution in [2.45, 2.75) is 44.1 Å². The highest BCUT2D eigenvalue weighted by Gasteiger charge is 2.26. The van der Waals surface area contributed by atoms with Gasteiger partial charge in [0.15, 0.2) is 11.0 Å². The summed E-state index contributed by atoms with van der Waals surface area (Å²) in [5.74, 6) is 1.16. The molecule has 0 saturated heterocycles. The molecule has 0 fully saturated rings. The van der Waals surface area contributed by atoms with Crippen LogP contribution in [-0.2, 0) is 12.2 Å². The van der Waals surface area contributed by atoms with E-state index in [2.05, 4.69) is 46.0 Å². The molecule has 5 aromatic rings. The molecule has 9 nitrogen and oxygen atoms in total. The van der Waals surface area contributed by atoms with Gasteiger partial charge in [0.1, 0.15) is 0 Å². The van der Waals surface area contributed by atoms with Gasteiger partial charge < -0.3 is 10.6 Å². The first kappa shape index (κ1) is 29.5. The molecule has 0 aliphatic heterocycles. The third-order valence-electron chi connectivity index (χ3n) is 7.18. The Morgan fingerprint density at radius 3 is 2.35 bits per heavy atom. The van der Waals surface area contributed by atoms with Gasteiger partial charge in [0.2, 0.25) is 0 Å². The maximum Gasteiger partial charge on any atom is 0.319 e. The lowest BCUT2D eigenvalue weighted by molar-refractivity contribution is -0.384. The Balaban J connectivity index is 1.52. The number of aryl methyl sites for hydroxylation is 2. The lowest BCUT2D eigenvalue weighted by Gasteiger charge is -2.21. The third kappa shape index (κ3) is 7.28. The predicted molar refractivity (Wildman–Crippen MR) is 170 cm³/mol. The molecule has 4 aromatic carbocycles. The van der Waals surface area contributed by atoms with E-state index in [1.165, 1.54) is 23.9 Å². The van der Waals surface area contributed by atoms with Gasteiger partial charge in [0.05, 0.1) is 11.0 Å². The smallest absolute Gasteiger partial charge is 0.319 e. The molecule has 2 amide bonds. The van der Waals surface area contributed by atoms with Crippen molar-refractivity contribution >= 4 is 29.2 Å². The molecule has 43 heavy (non-hydrogen) atoms. The summed E-state index contributed by atoms with van der Waals surface area (Å²) in [4.78, 5) is 24.3. The van der Waals surface area contributed by atoms with Crippen LogP contribution in [0.2, 0.25) is 0 Å². The van der Waals surface area contributed by atoms with Crippen molar-refractivity contribution in [2.75, 3.05) is 5.32 Å². The molecule has 1 aromatic heterocycles. The fraction of sp³-hybridized carbons (Fsp3) is 0.182. The summed E-state index contributed by atoms with van der Waals surface area (Å²) in [6, 6.07) is 29.2. The quantitative estimate of drug-likeness (QED) is 0.0986. The van der Waals surface area contributed by atoms with E-state index in [1.807, 2.05) is 73.0 Å². The highest BCUT2D eigenvalue weighted by molar-refractivity contribution is 7.98. The highest BCUT2D eigenvalue weighted by Crippen LogP contribution is 2.30. The number of anilines is 1. The predicted octanol–water partition coefficient (Wildman–Crippen LogP) is 7.50. The molecule has 1 heterocycles. The van der Waals surface area contributed by atoms with Crippen LogP contribution in [0.5, 0.6) is 0 Å². The van der Waals surface area contributed by atoms with Gasteiger partial charge in [-0.1, -0.05) is 84.1 Å². The normalized spacial score (nSPS) is 11.6. The van der Waals surface area contributed by atoms with Crippen LogP contribution in [0.15, 0.2) is 102 Å². The Kier molecular flexibility index (Phi) is 9.17. The number of carbonyl (C=O) groups is 1. The maximum absolute atomic E-state index is 13.4. The molecule has 0 bridgehead atoms. The van der Waals surface area contributed by atoms with Crippen LogP contribution < -0.4 is 10.6 Å². The summed E-state index contributed by atoms with van der Waals surface area (Å²) in [6.07, 6.45) is 0.453. The van der Waals surface area contributed by atoms with Gasteiger partial charge in [-0.3, -0.25) is 14.7 Å². The molecule has 0 aliphatic rings. The minimum Gasteiger partial charge on any atom is -0.327 e. The number of non-ortho nitro benzene ring substituents is 1. The number of nitro benzene ring substituents is 1. The third-order valence-corrected chi connectivity index (χ3v) is 8.18. The molecule has 1 unspecified atom stereocenters. The van der Waals surface area contributed by atoms with Crippen LogP contribution in [-0.4, -0.2) is 25.7 Å². The minimum absolute atomic E-state index is 0.0146. The summed E-state index contributed by atoms with van der Waals surface area (Å²) < 4.78 is 1.87. The van der Waals surface area contributed by atoms with Crippen molar-refractivity contribution in [1.82, 2.24) is 20.1 Å². The van der Waals surface area contributed by atoms with E-state index in [4.69, 9.17) is 0 Å². The maximum atomic E-state index is 13.4. The number of nitro groups is 1. The van der Waals surface area contributed by atoms with Crippen molar-refractivity contribution in [3.63, 3.8) is 0 Å². The SMILES string of the molecule is Cc1cccc(CSc2nnc(C(Cc3ccccc3)NC(=O)Nc3cccc(C)c3C)n2-c2ccc([N+](=O)[O-])cc2)c1. The van der Waals surface area contributed by atoms with E-state index >= 15 is 0 Å². The number of hydrogen-bond acceptors (Lipinski definition) is 6. The van der Waals surface area contributed by atoms with Gasteiger partial charge in [-0.05, 0) is 61.2 Å². The molecule has 1 atom stereocenters. The van der Waals surface area contributed by atoms with Gasteiger partial charge in [0, 0.05) is 35.7 Å². The summed E-state index contributed by atoms with van der Waals surface area (Å²) in [6.45, 7) is 6.02. The van der Waals surface area contributed by atoms with E-state index < -0.39 is 11.0 Å². The first-order valence-electron chi connectivity index (χ1n) is 13.8. The zero-order chi connectivity index (χ0) is 30.3. The number of urea groups is 1. The molecular formula is C33H32N6O3S. The molecular weight excluding hydrogens is 560 g/mol. The number of carbonyl (C=O) groups excluding carboxylic acids is 1. The van der Waals surface area contributed by atoms with Gasteiger partial charge in [-0.25, -0.2) is 4.79 Å².